The van der Waals surface area contributed by atoms with E-state index >= 15 is 0 Å². The van der Waals surface area contributed by atoms with Crippen molar-refractivity contribution in [1.82, 2.24) is 0 Å². The van der Waals surface area contributed by atoms with Crippen LogP contribution >= 0.6 is 0 Å². The predicted octanol–water partition coefficient (Wildman–Crippen LogP) is 16.3. The van der Waals surface area contributed by atoms with E-state index < -0.39 is 12.6 Å². The van der Waals surface area contributed by atoms with E-state index in [0.717, 1.165) is 0 Å². The van der Waals surface area contributed by atoms with Gasteiger partial charge < -0.3 is 8.96 Å². The van der Waals surface area contributed by atoms with Crippen molar-refractivity contribution in [2.75, 3.05) is 0 Å². The first kappa shape index (κ1) is 52.2. The predicted molar refractivity (Wildman–Crippen MR) is 364 cm³/mol. The van der Waals surface area contributed by atoms with Gasteiger partial charge in [0, 0.05) is 13.8 Å². The molecule has 0 atom stereocenters. The number of rotatable bonds is 12. The Balaban J connectivity index is 1.04. The lowest BCUT2D eigenvalue weighted by atomic mass is 9.23. The average molecular weight is 1100 g/mol. The fourth-order valence-electron chi connectivity index (χ4n) is 14.8. The summed E-state index contributed by atoms with van der Waals surface area (Å²) in [4.78, 5) is 0. The zero-order valence-electron chi connectivity index (χ0n) is 48.4. The smallest absolute Gasteiger partial charge is 0.361 e. The van der Waals surface area contributed by atoms with E-state index in [4.69, 9.17) is 0 Å². The highest BCUT2D eigenvalue weighted by molar-refractivity contribution is 7.11. The molecule has 86 heavy (non-hydrogen) atoms. The van der Waals surface area contributed by atoms with Crippen LogP contribution in [0, 0.1) is 13.8 Å². The van der Waals surface area contributed by atoms with Crippen molar-refractivity contribution in [3.8, 4) is 66.8 Å². The molecule has 0 radical (unpaired) electrons. The fraction of sp³-hybridized carbons (Fsp3) is 0.0244. The maximum atomic E-state index is 2.77. The highest BCUT2D eigenvalue weighted by atomic mass is 15.1. The van der Waals surface area contributed by atoms with Gasteiger partial charge in [0.05, 0.1) is 0 Å². The third kappa shape index (κ3) is 8.75. The highest BCUT2D eigenvalue weighted by Crippen LogP contribution is 2.40. The molecular formula is C82H62B2N2. The quantitative estimate of drug-likeness (QED) is 0.108. The molecule has 0 saturated heterocycles. The number of fused-ring (bicyclic) bond motifs is 2. The van der Waals surface area contributed by atoms with Crippen molar-refractivity contribution in [3.63, 3.8) is 0 Å². The van der Waals surface area contributed by atoms with Gasteiger partial charge in [-0.1, -0.05) is 339 Å². The first-order valence-electron chi connectivity index (χ1n) is 30.2. The lowest BCUT2D eigenvalue weighted by molar-refractivity contribution is -0.612. The van der Waals surface area contributed by atoms with Crippen molar-refractivity contribution in [3.05, 3.63) is 361 Å². The van der Waals surface area contributed by atoms with Crippen LogP contribution in [0.3, 0.4) is 0 Å². The maximum Gasteiger partial charge on any atom is 0.361 e. The molecule has 0 saturated carbocycles. The highest BCUT2D eigenvalue weighted by Gasteiger charge is 2.57. The van der Waals surface area contributed by atoms with Gasteiger partial charge >= 0.3 is 12.6 Å². The van der Waals surface area contributed by atoms with E-state index in [0.29, 0.717) is 0 Å². The van der Waals surface area contributed by atoms with Crippen molar-refractivity contribution in [2.24, 2.45) is 0 Å². The Bertz CT molecular complexity index is 4170. The molecule has 0 fully saturated rings. The zero-order chi connectivity index (χ0) is 57.6. The largest absolute Gasteiger partial charge is 0.396 e. The summed E-state index contributed by atoms with van der Waals surface area (Å²) in [5.41, 5.74) is 29.0. The van der Waals surface area contributed by atoms with Crippen LogP contribution in [0.5, 0.6) is 0 Å². The Morgan fingerprint density at radius 3 is 0.547 bits per heavy atom. The summed E-state index contributed by atoms with van der Waals surface area (Å²) in [6, 6.07) is 121. The van der Waals surface area contributed by atoms with Gasteiger partial charge in [0.2, 0.25) is 11.4 Å². The van der Waals surface area contributed by atoms with Gasteiger partial charge in [-0.3, -0.25) is 0 Å². The van der Waals surface area contributed by atoms with Crippen molar-refractivity contribution >= 4 is 57.5 Å². The molecule has 2 aliphatic heterocycles. The van der Waals surface area contributed by atoms with Crippen molar-refractivity contribution in [2.45, 2.75) is 13.8 Å². The van der Waals surface area contributed by atoms with E-state index in [-0.39, 0.29) is 0 Å². The number of benzene rings is 12. The van der Waals surface area contributed by atoms with Crippen molar-refractivity contribution in [1.29, 1.82) is 0 Å². The van der Waals surface area contributed by atoms with Crippen LogP contribution in [0.15, 0.2) is 328 Å². The molecule has 0 amide bonds. The molecule has 406 valence electrons. The molecule has 0 N–H and O–H groups in total. The van der Waals surface area contributed by atoms with Gasteiger partial charge in [-0.2, -0.15) is 0 Å². The zero-order valence-corrected chi connectivity index (χ0v) is 48.4. The van der Waals surface area contributed by atoms with Gasteiger partial charge in [0.15, 0.2) is 11.4 Å². The lowest BCUT2D eigenvalue weighted by Crippen LogP contribution is -2.83. The van der Waals surface area contributed by atoms with Gasteiger partial charge in [-0.05, 0) is 78.9 Å². The second-order valence-corrected chi connectivity index (χ2v) is 23.4. The molecule has 1 aromatic heterocycles. The Hall–Kier alpha value is -10.7. The molecule has 0 spiro atoms. The summed E-state index contributed by atoms with van der Waals surface area (Å²) in [6.07, 6.45) is 1.20. The minimum Gasteiger partial charge on any atom is -0.396 e. The van der Waals surface area contributed by atoms with Crippen LogP contribution < -0.4 is 30.8 Å². The van der Waals surface area contributed by atoms with Crippen LogP contribution in [-0.2, 0) is 0 Å². The Labute approximate surface area is 505 Å². The summed E-state index contributed by atoms with van der Waals surface area (Å²) in [5.74, 6) is 0. The van der Waals surface area contributed by atoms with Gasteiger partial charge in [0.1, 0.15) is 0 Å². The van der Waals surface area contributed by atoms with E-state index in [9.17, 15) is 0 Å². The lowest BCUT2D eigenvalue weighted by Gasteiger charge is -2.39. The monoisotopic (exact) mass is 1100 g/mol. The Kier molecular flexibility index (Phi) is 13.2. The molecule has 0 bridgehead atoms. The SMILES string of the molecule is Cc1c2[n+](c(C)c3[n+]1[B-](c1ccc(-c4ccccc4)cc1)(c1ccc(-c4ccccc4)cc1)C(c1ccc(-c4ccccc4)cc1)=C3)[B-](c1ccc(-c3ccccc3)cc1)(c1ccc(-c3ccccc3)cc1)C(c1ccc(-c3ccccc3)cc1)=C2. The normalized spacial score (nSPS) is 13.6. The van der Waals surface area contributed by atoms with Gasteiger partial charge in [-0.25, -0.2) is 0 Å². The van der Waals surface area contributed by atoms with E-state index in [1.807, 2.05) is 0 Å². The number of aromatic nitrogens is 2. The van der Waals surface area contributed by atoms with Crippen LogP contribution in [0.1, 0.15) is 33.9 Å². The van der Waals surface area contributed by atoms with Crippen LogP contribution in [0.25, 0.3) is 89.9 Å². The number of hydrogen-bond donors (Lipinski definition) is 0. The summed E-state index contributed by atoms with van der Waals surface area (Å²) in [5, 5.41) is 0. The van der Waals surface area contributed by atoms with Gasteiger partial charge in [0.25, 0.3) is 0 Å². The first-order valence-corrected chi connectivity index (χ1v) is 30.2. The third-order valence-corrected chi connectivity index (χ3v) is 18.9. The fourth-order valence-corrected chi connectivity index (χ4v) is 14.8. The molecule has 13 aromatic rings. The van der Waals surface area contributed by atoms with E-state index in [1.165, 1.54) is 133 Å². The van der Waals surface area contributed by atoms with Gasteiger partial charge in [-0.15, -0.1) is 32.8 Å². The second-order valence-electron chi connectivity index (χ2n) is 23.4. The average Bonchev–Trinajstić information content (AvgIpc) is 1.50. The van der Waals surface area contributed by atoms with Crippen LogP contribution in [0.4, 0.5) is 0 Å². The molecule has 2 aliphatic rings. The number of nitrogens with zero attached hydrogens (tertiary/aromatic N) is 2. The van der Waals surface area contributed by atoms with E-state index in [1.54, 1.807) is 0 Å². The molecule has 15 rings (SSSR count). The topological polar surface area (TPSA) is 7.76 Å². The molecule has 0 unspecified atom stereocenters. The molecule has 4 heteroatoms. The Morgan fingerprint density at radius 2 is 0.349 bits per heavy atom. The second kappa shape index (κ2) is 21.8. The molecule has 0 aliphatic carbocycles. The minimum atomic E-state index is -1.96. The molecule has 12 aromatic carbocycles. The molecular weight excluding hydrogens is 1030 g/mol. The molecule has 3 heterocycles. The van der Waals surface area contributed by atoms with Crippen molar-refractivity contribution < 1.29 is 8.96 Å². The maximum absolute atomic E-state index is 2.77. The van der Waals surface area contributed by atoms with Crippen LogP contribution in [0.2, 0.25) is 0 Å². The summed E-state index contributed by atoms with van der Waals surface area (Å²) in [7, 11) is 0. The Morgan fingerprint density at radius 1 is 0.186 bits per heavy atom. The summed E-state index contributed by atoms with van der Waals surface area (Å²) in [6.45, 7) is 4.79. The summed E-state index contributed by atoms with van der Waals surface area (Å²) < 4.78 is 5.54. The summed E-state index contributed by atoms with van der Waals surface area (Å²) >= 11 is 0. The van der Waals surface area contributed by atoms with E-state index in [2.05, 4.69) is 363 Å². The third-order valence-electron chi connectivity index (χ3n) is 18.9. The number of hydrogen-bond acceptors (Lipinski definition) is 0. The standard InChI is InChI=1S/C82H62B2N2/c1-59-81-57-79(73-37-33-67(34-38-73)61-21-9-3-10-22-61)84(77-53-45-71(46-54-77)65-29-17-7-18-30-65,78-55-47-72(48-56-78)66-31-19-8-20-32-66)86(81)60(2)82-58-80(74-39-35-68(36-40-74)62-23-11-4-12-24-62)83(85(59)82,75-49-41-69(42-50-75)63-25-13-5-14-26-63)76-51-43-70(44-52-76)64-27-15-6-16-28-64/h3-58H,1-2H3. The van der Waals surface area contributed by atoms with Crippen LogP contribution in [-0.4, -0.2) is 12.6 Å². The minimum absolute atomic E-state index is 1.19. The molecule has 2 nitrogen and oxygen atoms in total. The first-order chi connectivity index (χ1) is 42.5.